The van der Waals surface area contributed by atoms with E-state index in [1.165, 1.54) is 19.3 Å². The van der Waals surface area contributed by atoms with Crippen molar-refractivity contribution in [2.45, 2.75) is 44.4 Å². The van der Waals surface area contributed by atoms with Crippen LogP contribution in [0.15, 0.2) is 30.3 Å². The molecule has 3 rings (SSSR count). The van der Waals surface area contributed by atoms with Crippen molar-refractivity contribution in [3.8, 4) is 0 Å². The van der Waals surface area contributed by atoms with Crippen molar-refractivity contribution >= 4 is 13.2 Å². The molecule has 1 heteroatoms. The van der Waals surface area contributed by atoms with Gasteiger partial charge in [-0.05, 0) is 41.3 Å². The van der Waals surface area contributed by atoms with E-state index in [-0.39, 0.29) is 7.92 Å². The minimum atomic E-state index is 0.160. The summed E-state index contributed by atoms with van der Waals surface area (Å²) in [5.74, 6) is 0. The summed E-state index contributed by atoms with van der Waals surface area (Å²) in [5, 5.41) is 1.66. The Hall–Kier alpha value is -0.350. The molecule has 1 aromatic carbocycles. The van der Waals surface area contributed by atoms with Gasteiger partial charge >= 0.3 is 0 Å². The van der Waals surface area contributed by atoms with Crippen LogP contribution in [0, 0.1) is 5.41 Å². The Labute approximate surface area is 93.8 Å². The quantitative estimate of drug-likeness (QED) is 0.630. The zero-order chi connectivity index (χ0) is 10.5. The molecule has 2 aliphatic rings. The van der Waals surface area contributed by atoms with Crippen LogP contribution in [-0.2, 0) is 0 Å². The van der Waals surface area contributed by atoms with E-state index in [0.717, 1.165) is 11.3 Å². The third kappa shape index (κ3) is 1.46. The lowest BCUT2D eigenvalue weighted by molar-refractivity contribution is 0.291. The van der Waals surface area contributed by atoms with Gasteiger partial charge in [-0.25, -0.2) is 0 Å². The van der Waals surface area contributed by atoms with Gasteiger partial charge in [0.15, 0.2) is 0 Å². The van der Waals surface area contributed by atoms with Crippen LogP contribution in [0.5, 0.6) is 0 Å². The zero-order valence-corrected chi connectivity index (χ0v) is 10.5. The number of hydrogen-bond donors (Lipinski definition) is 0. The van der Waals surface area contributed by atoms with Crippen LogP contribution in [0.3, 0.4) is 0 Å². The highest BCUT2D eigenvalue weighted by Gasteiger charge is 2.52. The molecule has 2 fully saturated rings. The summed E-state index contributed by atoms with van der Waals surface area (Å²) in [6.07, 6.45) is 4.45. The second-order valence-corrected chi connectivity index (χ2v) is 8.37. The van der Waals surface area contributed by atoms with E-state index in [4.69, 9.17) is 0 Å². The van der Waals surface area contributed by atoms with Gasteiger partial charge in [-0.2, -0.15) is 0 Å². The van der Waals surface area contributed by atoms with E-state index in [9.17, 15) is 0 Å². The fourth-order valence-electron chi connectivity index (χ4n) is 3.58. The maximum Gasteiger partial charge on any atom is -0.0115 e. The SMILES string of the molecule is CC1(C)CC2CCC1P2c1ccccc1. The predicted octanol–water partition coefficient (Wildman–Crippen LogP) is 3.75. The molecule has 3 unspecified atom stereocenters. The molecule has 0 spiro atoms. The Morgan fingerprint density at radius 3 is 2.40 bits per heavy atom. The molecule has 80 valence electrons. The first-order valence-electron chi connectivity index (χ1n) is 6.02. The molecule has 2 heterocycles. The topological polar surface area (TPSA) is 0 Å². The standard InChI is InChI=1S/C14H19P/c1-14(2)10-12-8-9-13(14)15(12)11-6-4-3-5-7-11/h3-7,12-13H,8-10H2,1-2H3. The largest absolute Gasteiger partial charge is 0.0684 e. The third-order valence-electron chi connectivity index (χ3n) is 4.22. The maximum absolute atomic E-state index is 2.48. The highest BCUT2D eigenvalue weighted by molar-refractivity contribution is 7.67. The van der Waals surface area contributed by atoms with Crippen molar-refractivity contribution in [3.63, 3.8) is 0 Å². The van der Waals surface area contributed by atoms with Gasteiger partial charge in [0.25, 0.3) is 0 Å². The van der Waals surface area contributed by atoms with Gasteiger partial charge in [0.1, 0.15) is 0 Å². The minimum Gasteiger partial charge on any atom is -0.0684 e. The molecule has 0 aromatic heterocycles. The molecular formula is C14H19P. The molecule has 0 aliphatic carbocycles. The van der Waals surface area contributed by atoms with Gasteiger partial charge in [0, 0.05) is 0 Å². The second-order valence-electron chi connectivity index (χ2n) is 5.68. The predicted molar refractivity (Wildman–Crippen MR) is 68.2 cm³/mol. The normalized spacial score (nSPS) is 37.1. The smallest absolute Gasteiger partial charge is 0.0115 e. The molecule has 0 amide bonds. The Balaban J connectivity index is 1.96. The Morgan fingerprint density at radius 1 is 1.13 bits per heavy atom. The maximum atomic E-state index is 2.48. The molecule has 2 bridgehead atoms. The van der Waals surface area contributed by atoms with Crippen LogP contribution in [-0.4, -0.2) is 11.3 Å². The van der Waals surface area contributed by atoms with Gasteiger partial charge in [0.2, 0.25) is 0 Å². The Kier molecular flexibility index (Phi) is 2.18. The van der Waals surface area contributed by atoms with E-state index < -0.39 is 0 Å². The highest BCUT2D eigenvalue weighted by Crippen LogP contribution is 2.69. The van der Waals surface area contributed by atoms with Crippen LogP contribution < -0.4 is 5.30 Å². The Morgan fingerprint density at radius 2 is 1.87 bits per heavy atom. The summed E-state index contributed by atoms with van der Waals surface area (Å²) in [4.78, 5) is 0. The first-order chi connectivity index (χ1) is 7.18. The van der Waals surface area contributed by atoms with Crippen molar-refractivity contribution in [1.82, 2.24) is 0 Å². The van der Waals surface area contributed by atoms with Crippen molar-refractivity contribution < 1.29 is 0 Å². The summed E-state index contributed by atoms with van der Waals surface area (Å²) in [7, 11) is 0.160. The van der Waals surface area contributed by atoms with Gasteiger partial charge in [-0.15, -0.1) is 0 Å². The molecule has 0 saturated carbocycles. The first-order valence-corrected chi connectivity index (χ1v) is 7.50. The lowest BCUT2D eigenvalue weighted by Crippen LogP contribution is -2.24. The minimum absolute atomic E-state index is 0.160. The molecule has 2 saturated heterocycles. The van der Waals surface area contributed by atoms with Gasteiger partial charge < -0.3 is 0 Å². The van der Waals surface area contributed by atoms with E-state index in [2.05, 4.69) is 44.2 Å². The van der Waals surface area contributed by atoms with Crippen molar-refractivity contribution in [3.05, 3.63) is 30.3 Å². The first kappa shape index (κ1) is 9.85. The van der Waals surface area contributed by atoms with Crippen LogP contribution in [0.4, 0.5) is 0 Å². The zero-order valence-electron chi connectivity index (χ0n) is 9.61. The fraction of sp³-hybridized carbons (Fsp3) is 0.571. The lowest BCUT2D eigenvalue weighted by Gasteiger charge is -2.29. The molecule has 15 heavy (non-hydrogen) atoms. The van der Waals surface area contributed by atoms with E-state index in [1.54, 1.807) is 5.30 Å². The van der Waals surface area contributed by atoms with Gasteiger partial charge in [0.05, 0.1) is 0 Å². The number of hydrogen-bond acceptors (Lipinski definition) is 0. The van der Waals surface area contributed by atoms with Crippen molar-refractivity contribution in [2.24, 2.45) is 5.41 Å². The number of benzene rings is 1. The van der Waals surface area contributed by atoms with Crippen molar-refractivity contribution in [2.75, 3.05) is 0 Å². The van der Waals surface area contributed by atoms with Crippen LogP contribution in [0.25, 0.3) is 0 Å². The van der Waals surface area contributed by atoms with Gasteiger partial charge in [-0.1, -0.05) is 52.1 Å². The monoisotopic (exact) mass is 218 g/mol. The molecule has 1 aromatic rings. The van der Waals surface area contributed by atoms with Crippen LogP contribution in [0.2, 0.25) is 0 Å². The summed E-state index contributed by atoms with van der Waals surface area (Å²) in [6.45, 7) is 4.96. The van der Waals surface area contributed by atoms with E-state index in [1.807, 2.05) is 0 Å². The average Bonchev–Trinajstić information content (AvgIpc) is 2.72. The molecule has 3 atom stereocenters. The summed E-state index contributed by atoms with van der Waals surface area (Å²) >= 11 is 0. The number of rotatable bonds is 1. The molecule has 0 nitrogen and oxygen atoms in total. The number of fused-ring (bicyclic) bond motifs is 2. The van der Waals surface area contributed by atoms with Gasteiger partial charge in [-0.3, -0.25) is 0 Å². The van der Waals surface area contributed by atoms with Crippen molar-refractivity contribution in [1.29, 1.82) is 0 Å². The van der Waals surface area contributed by atoms with Crippen LogP contribution >= 0.6 is 7.92 Å². The summed E-state index contributed by atoms with van der Waals surface area (Å²) < 4.78 is 0. The summed E-state index contributed by atoms with van der Waals surface area (Å²) in [5.41, 5.74) is 2.65. The fourth-order valence-corrected chi connectivity index (χ4v) is 7.77. The molecule has 2 aliphatic heterocycles. The molecule has 0 radical (unpaired) electrons. The lowest BCUT2D eigenvalue weighted by atomic mass is 9.78. The third-order valence-corrected chi connectivity index (χ3v) is 7.97. The average molecular weight is 218 g/mol. The second kappa shape index (κ2) is 3.32. The van der Waals surface area contributed by atoms with E-state index >= 15 is 0 Å². The Bertz CT molecular complexity index is 355. The highest BCUT2D eigenvalue weighted by atomic mass is 31.1. The molecular weight excluding hydrogens is 199 g/mol. The molecule has 0 N–H and O–H groups in total. The summed E-state index contributed by atoms with van der Waals surface area (Å²) in [6, 6.07) is 11.3. The van der Waals surface area contributed by atoms with E-state index in [0.29, 0.717) is 5.41 Å². The van der Waals surface area contributed by atoms with Crippen LogP contribution in [0.1, 0.15) is 33.1 Å².